The first kappa shape index (κ1) is 20.0. The molecule has 0 spiro atoms. The van der Waals surface area contributed by atoms with Crippen molar-refractivity contribution in [2.45, 2.75) is 13.0 Å². The second-order valence-electron chi connectivity index (χ2n) is 4.64. The summed E-state index contributed by atoms with van der Waals surface area (Å²) in [6.45, 7) is 1.79. The van der Waals surface area contributed by atoms with E-state index in [0.717, 1.165) is 6.20 Å². The van der Waals surface area contributed by atoms with Gasteiger partial charge in [0.1, 0.15) is 5.82 Å². The molecule has 0 saturated heterocycles. The number of aromatic carboxylic acids is 1. The summed E-state index contributed by atoms with van der Waals surface area (Å²) < 4.78 is 13.7. The van der Waals surface area contributed by atoms with Crippen molar-refractivity contribution in [2.24, 2.45) is 0 Å². The quantitative estimate of drug-likeness (QED) is 0.701. The molecule has 0 radical (unpaired) electrons. The van der Waals surface area contributed by atoms with Crippen LogP contribution in [0.4, 0.5) is 10.3 Å². The predicted octanol–water partition coefficient (Wildman–Crippen LogP) is 3.94. The van der Waals surface area contributed by atoms with Crippen LogP contribution in [0.1, 0.15) is 29.0 Å². The molecule has 0 fully saturated rings. The van der Waals surface area contributed by atoms with E-state index in [1.165, 1.54) is 23.6 Å². The molecule has 128 valence electrons. The van der Waals surface area contributed by atoms with Gasteiger partial charge in [0.05, 0.1) is 22.5 Å². The first-order valence-corrected chi connectivity index (χ1v) is 7.28. The van der Waals surface area contributed by atoms with Gasteiger partial charge in [-0.2, -0.15) is 0 Å². The number of thiophene rings is 1. The third-order valence-electron chi connectivity index (χ3n) is 3.08. The first-order valence-electron chi connectivity index (χ1n) is 6.40. The molecule has 0 saturated carbocycles. The van der Waals surface area contributed by atoms with Gasteiger partial charge in [0.2, 0.25) is 5.95 Å². The highest BCUT2D eigenvalue weighted by Gasteiger charge is 2.16. The zero-order valence-corrected chi connectivity index (χ0v) is 14.7. The molecule has 0 unspecified atom stereocenters. The van der Waals surface area contributed by atoms with Gasteiger partial charge in [0, 0.05) is 6.20 Å². The lowest BCUT2D eigenvalue weighted by Gasteiger charge is -2.14. The molecule has 0 bridgehead atoms. The van der Waals surface area contributed by atoms with Crippen LogP contribution in [0.25, 0.3) is 10.2 Å². The van der Waals surface area contributed by atoms with Crippen molar-refractivity contribution in [1.82, 2.24) is 15.0 Å². The van der Waals surface area contributed by atoms with Crippen LogP contribution in [0.3, 0.4) is 0 Å². The fourth-order valence-electron chi connectivity index (χ4n) is 2.02. The number of carboxylic acids is 1. The summed E-state index contributed by atoms with van der Waals surface area (Å²) in [5, 5.41) is 14.0. The van der Waals surface area contributed by atoms with E-state index < -0.39 is 11.8 Å². The van der Waals surface area contributed by atoms with Gasteiger partial charge >= 0.3 is 5.97 Å². The van der Waals surface area contributed by atoms with Crippen LogP contribution in [0.2, 0.25) is 0 Å². The van der Waals surface area contributed by atoms with Gasteiger partial charge in [0.15, 0.2) is 5.69 Å². The van der Waals surface area contributed by atoms with Crippen LogP contribution in [-0.4, -0.2) is 26.0 Å². The van der Waals surface area contributed by atoms with Gasteiger partial charge in [-0.1, -0.05) is 0 Å². The molecule has 0 aliphatic heterocycles. The van der Waals surface area contributed by atoms with E-state index in [9.17, 15) is 14.3 Å². The molecule has 1 atom stereocenters. The summed E-state index contributed by atoms with van der Waals surface area (Å²) >= 11 is 1.27. The van der Waals surface area contributed by atoms with E-state index >= 15 is 0 Å². The standard InChI is InChI=1S/C14H11FN4O2S.2ClH/c1-7(8-4-9(15)6-16-5-8)17-14-18-10-2-3-22-12(10)11(19-14)13(20)21;;/h2-7H,1H3,(H,20,21)(H,17,18,19);2*1H/t7-;;/m0../s1. The number of hydrogen-bond donors (Lipinski definition) is 2. The van der Waals surface area contributed by atoms with Crippen molar-refractivity contribution in [3.8, 4) is 0 Å². The minimum atomic E-state index is -1.11. The highest BCUT2D eigenvalue weighted by molar-refractivity contribution is 7.17. The smallest absolute Gasteiger partial charge is 0.356 e. The van der Waals surface area contributed by atoms with Crippen LogP contribution in [0.5, 0.6) is 0 Å². The van der Waals surface area contributed by atoms with Crippen molar-refractivity contribution in [2.75, 3.05) is 5.32 Å². The van der Waals surface area contributed by atoms with E-state index in [2.05, 4.69) is 20.3 Å². The minimum absolute atomic E-state index is 0. The maximum atomic E-state index is 13.2. The molecule has 0 aliphatic carbocycles. The molecule has 6 nitrogen and oxygen atoms in total. The highest BCUT2D eigenvalue weighted by atomic mass is 35.5. The zero-order valence-electron chi connectivity index (χ0n) is 12.3. The maximum Gasteiger partial charge on any atom is 0.356 e. The average Bonchev–Trinajstić information content (AvgIpc) is 2.94. The zero-order chi connectivity index (χ0) is 15.7. The number of hydrogen-bond acceptors (Lipinski definition) is 6. The average molecular weight is 391 g/mol. The van der Waals surface area contributed by atoms with E-state index in [-0.39, 0.29) is 42.5 Å². The summed E-state index contributed by atoms with van der Waals surface area (Å²) in [5.41, 5.74) is 1.13. The van der Waals surface area contributed by atoms with Gasteiger partial charge in [-0.15, -0.1) is 36.2 Å². The normalized spacial score (nSPS) is 11.2. The number of carbonyl (C=O) groups is 1. The minimum Gasteiger partial charge on any atom is -0.476 e. The van der Waals surface area contributed by atoms with Crippen molar-refractivity contribution >= 4 is 58.3 Å². The Bertz CT molecular complexity index is 862. The van der Waals surface area contributed by atoms with Gasteiger partial charge in [-0.05, 0) is 30.0 Å². The summed E-state index contributed by atoms with van der Waals surface area (Å²) in [7, 11) is 0. The summed E-state index contributed by atoms with van der Waals surface area (Å²) in [6.07, 6.45) is 2.65. The number of fused-ring (bicyclic) bond motifs is 1. The molecular formula is C14H13Cl2FN4O2S. The molecule has 0 aliphatic rings. The topological polar surface area (TPSA) is 88.0 Å². The molecule has 3 heterocycles. The highest BCUT2D eigenvalue weighted by Crippen LogP contribution is 2.25. The van der Waals surface area contributed by atoms with Crippen LogP contribution in [-0.2, 0) is 0 Å². The Morgan fingerprint density at radius 1 is 1.33 bits per heavy atom. The number of rotatable bonds is 4. The molecule has 24 heavy (non-hydrogen) atoms. The number of pyridine rings is 1. The van der Waals surface area contributed by atoms with Gasteiger partial charge in [-0.25, -0.2) is 19.2 Å². The van der Waals surface area contributed by atoms with Crippen LogP contribution in [0.15, 0.2) is 29.9 Å². The Balaban J connectivity index is 0.00000144. The fraction of sp³-hybridized carbons (Fsp3) is 0.143. The Hall–Kier alpha value is -2.03. The molecular weight excluding hydrogens is 378 g/mol. The van der Waals surface area contributed by atoms with Crippen LogP contribution >= 0.6 is 36.2 Å². The third kappa shape index (κ3) is 4.08. The summed E-state index contributed by atoms with van der Waals surface area (Å²) in [4.78, 5) is 23.4. The van der Waals surface area contributed by atoms with Crippen molar-refractivity contribution in [1.29, 1.82) is 0 Å². The number of aromatic nitrogens is 3. The van der Waals surface area contributed by atoms with Gasteiger partial charge < -0.3 is 10.4 Å². The summed E-state index contributed by atoms with van der Waals surface area (Å²) in [6, 6.07) is 2.76. The molecule has 0 amide bonds. The number of halogens is 3. The molecule has 3 rings (SSSR count). The number of nitrogens with one attached hydrogen (secondary N) is 1. The first-order chi connectivity index (χ1) is 10.5. The molecule has 3 aromatic rings. The Kier molecular flexibility index (Phi) is 6.82. The van der Waals surface area contributed by atoms with Crippen molar-refractivity contribution in [3.05, 3.63) is 47.0 Å². The van der Waals surface area contributed by atoms with Gasteiger partial charge in [0.25, 0.3) is 0 Å². The van der Waals surface area contributed by atoms with E-state index in [4.69, 9.17) is 0 Å². The largest absolute Gasteiger partial charge is 0.476 e. The Morgan fingerprint density at radius 3 is 2.75 bits per heavy atom. The number of carboxylic acid groups (broad SMARTS) is 1. The molecule has 0 aromatic carbocycles. The van der Waals surface area contributed by atoms with E-state index in [0.29, 0.717) is 15.8 Å². The Morgan fingerprint density at radius 2 is 2.08 bits per heavy atom. The molecule has 2 N–H and O–H groups in total. The number of anilines is 1. The van der Waals surface area contributed by atoms with Crippen molar-refractivity contribution in [3.63, 3.8) is 0 Å². The molecule has 3 aromatic heterocycles. The lowest BCUT2D eigenvalue weighted by molar-refractivity contribution is 0.0693. The molecule has 10 heteroatoms. The predicted molar refractivity (Wildman–Crippen MR) is 95.1 cm³/mol. The van der Waals surface area contributed by atoms with E-state index in [1.807, 2.05) is 0 Å². The lowest BCUT2D eigenvalue weighted by Crippen LogP contribution is -2.12. The summed E-state index contributed by atoms with van der Waals surface area (Å²) in [5.74, 6) is -1.37. The second kappa shape index (κ2) is 8.18. The number of nitrogens with zero attached hydrogens (tertiary/aromatic N) is 3. The SMILES string of the molecule is C[C@H](Nc1nc(C(=O)O)c2sccc2n1)c1cncc(F)c1.Cl.Cl. The second-order valence-corrected chi connectivity index (χ2v) is 5.55. The monoisotopic (exact) mass is 390 g/mol. The van der Waals surface area contributed by atoms with Crippen LogP contribution in [0, 0.1) is 5.82 Å². The van der Waals surface area contributed by atoms with Crippen molar-refractivity contribution < 1.29 is 14.3 Å². The lowest BCUT2D eigenvalue weighted by atomic mass is 10.1. The van der Waals surface area contributed by atoms with Gasteiger partial charge in [-0.3, -0.25) is 4.98 Å². The fourth-order valence-corrected chi connectivity index (χ4v) is 2.83. The Labute approximate surface area is 153 Å². The van der Waals surface area contributed by atoms with E-state index in [1.54, 1.807) is 18.4 Å². The third-order valence-corrected chi connectivity index (χ3v) is 3.99. The maximum absolute atomic E-state index is 13.2. The van der Waals surface area contributed by atoms with Crippen LogP contribution < -0.4 is 5.32 Å².